The van der Waals surface area contributed by atoms with Crippen LogP contribution in [-0.4, -0.2) is 40.5 Å². The third-order valence-corrected chi connectivity index (χ3v) is 4.19. The Morgan fingerprint density at radius 3 is 2.62 bits per heavy atom. The van der Waals surface area contributed by atoms with Crippen LogP contribution in [0.3, 0.4) is 0 Å². The smallest absolute Gasteiger partial charge is 0.312 e. The van der Waals surface area contributed by atoms with E-state index >= 15 is 0 Å². The number of hydrogen-bond acceptors (Lipinski definition) is 5. The lowest BCUT2D eigenvalue weighted by Crippen LogP contribution is -2.36. The van der Waals surface area contributed by atoms with Crippen LogP contribution in [0.25, 0.3) is 5.69 Å². The van der Waals surface area contributed by atoms with Gasteiger partial charge in [0.05, 0.1) is 11.1 Å². The Kier molecular flexibility index (Phi) is 5.08. The van der Waals surface area contributed by atoms with Gasteiger partial charge in [0.2, 0.25) is 0 Å². The van der Waals surface area contributed by atoms with Crippen LogP contribution in [0.15, 0.2) is 42.7 Å². The molecule has 1 aliphatic heterocycles. The van der Waals surface area contributed by atoms with E-state index in [0.717, 1.165) is 5.69 Å². The molecule has 0 saturated carbocycles. The van der Waals surface area contributed by atoms with Crippen LogP contribution < -0.4 is 10.6 Å². The summed E-state index contributed by atoms with van der Waals surface area (Å²) in [6.07, 6.45) is 3.74. The molecule has 26 heavy (non-hydrogen) atoms. The van der Waals surface area contributed by atoms with E-state index in [1.807, 2.05) is 45.2 Å². The van der Waals surface area contributed by atoms with Crippen molar-refractivity contribution in [2.75, 3.05) is 6.54 Å². The lowest BCUT2D eigenvalue weighted by molar-refractivity contribution is -0.159. The molecule has 0 radical (unpaired) electrons. The van der Waals surface area contributed by atoms with Crippen LogP contribution in [0.1, 0.15) is 37.6 Å². The van der Waals surface area contributed by atoms with E-state index in [1.165, 1.54) is 0 Å². The van der Waals surface area contributed by atoms with Crippen molar-refractivity contribution in [2.24, 2.45) is 5.41 Å². The van der Waals surface area contributed by atoms with Crippen molar-refractivity contribution in [1.29, 1.82) is 0 Å². The average Bonchev–Trinajstić information content (AvgIpc) is 3.26. The topological polar surface area (TPSA) is 85.2 Å². The zero-order valence-corrected chi connectivity index (χ0v) is 15.2. The first-order valence-corrected chi connectivity index (χ1v) is 8.68. The number of aromatic nitrogens is 2. The standard InChI is InChI=1S/C19H24N4O3/c1-19(2,3)18(25)26-16-11-14(12-20-16)22-17(24)13-5-7-15(8-6-13)23-10-4-9-21-23/h4-10,14,16,20H,11-12H2,1-3H3,(H,22,24)/t14-,16?/m1/s1. The van der Waals surface area contributed by atoms with Crippen LogP contribution in [0.2, 0.25) is 0 Å². The molecule has 2 atom stereocenters. The maximum absolute atomic E-state index is 12.4. The third-order valence-electron chi connectivity index (χ3n) is 4.19. The van der Waals surface area contributed by atoms with Crippen molar-refractivity contribution in [2.45, 2.75) is 39.5 Å². The molecule has 1 fully saturated rings. The Morgan fingerprint density at radius 1 is 1.27 bits per heavy atom. The second kappa shape index (κ2) is 7.29. The fraction of sp³-hybridized carbons (Fsp3) is 0.421. The van der Waals surface area contributed by atoms with Gasteiger partial charge in [0.15, 0.2) is 6.23 Å². The molecule has 3 rings (SSSR count). The summed E-state index contributed by atoms with van der Waals surface area (Å²) >= 11 is 0. The number of carbonyl (C=O) groups excluding carboxylic acids is 2. The lowest BCUT2D eigenvalue weighted by atomic mass is 9.97. The highest BCUT2D eigenvalue weighted by molar-refractivity contribution is 5.94. The van der Waals surface area contributed by atoms with E-state index in [1.54, 1.807) is 23.0 Å². The number of amides is 1. The molecular formula is C19H24N4O3. The number of ether oxygens (including phenoxy) is 1. The third kappa shape index (κ3) is 4.29. The van der Waals surface area contributed by atoms with Gasteiger partial charge < -0.3 is 10.1 Å². The minimum atomic E-state index is -0.542. The largest absolute Gasteiger partial charge is 0.446 e. The number of rotatable bonds is 4. The molecule has 0 bridgehead atoms. The quantitative estimate of drug-likeness (QED) is 0.817. The summed E-state index contributed by atoms with van der Waals surface area (Å²) in [5, 5.41) is 10.3. The van der Waals surface area contributed by atoms with Crippen LogP contribution in [-0.2, 0) is 9.53 Å². The van der Waals surface area contributed by atoms with Gasteiger partial charge in [-0.3, -0.25) is 14.9 Å². The summed E-state index contributed by atoms with van der Waals surface area (Å²) in [4.78, 5) is 24.4. The van der Waals surface area contributed by atoms with Gasteiger partial charge >= 0.3 is 5.97 Å². The molecule has 7 nitrogen and oxygen atoms in total. The van der Waals surface area contributed by atoms with Gasteiger partial charge in [0.25, 0.3) is 5.91 Å². The molecule has 2 heterocycles. The van der Waals surface area contributed by atoms with Crippen molar-refractivity contribution in [1.82, 2.24) is 20.4 Å². The molecule has 1 amide bonds. The highest BCUT2D eigenvalue weighted by atomic mass is 16.6. The molecular weight excluding hydrogens is 332 g/mol. The van der Waals surface area contributed by atoms with Gasteiger partial charge in [-0.25, -0.2) is 4.68 Å². The van der Waals surface area contributed by atoms with Gasteiger partial charge in [0, 0.05) is 37.0 Å². The van der Waals surface area contributed by atoms with Crippen LogP contribution in [0.4, 0.5) is 0 Å². The van der Waals surface area contributed by atoms with Gasteiger partial charge in [-0.1, -0.05) is 0 Å². The van der Waals surface area contributed by atoms with Gasteiger partial charge in [-0.2, -0.15) is 5.10 Å². The summed E-state index contributed by atoms with van der Waals surface area (Å²) in [6.45, 7) is 6.02. The Morgan fingerprint density at radius 2 is 2.00 bits per heavy atom. The van der Waals surface area contributed by atoms with E-state index in [4.69, 9.17) is 4.74 Å². The number of esters is 1. The first kappa shape index (κ1) is 18.1. The summed E-state index contributed by atoms with van der Waals surface area (Å²) in [5.41, 5.74) is 0.929. The Hall–Kier alpha value is -2.67. The van der Waals surface area contributed by atoms with E-state index in [2.05, 4.69) is 15.7 Å². The molecule has 0 aliphatic carbocycles. The molecule has 1 aliphatic rings. The monoisotopic (exact) mass is 356 g/mol. The molecule has 1 aromatic heterocycles. The zero-order valence-electron chi connectivity index (χ0n) is 15.2. The van der Waals surface area contributed by atoms with E-state index in [9.17, 15) is 9.59 Å². The molecule has 1 aromatic carbocycles. The molecule has 138 valence electrons. The van der Waals surface area contributed by atoms with Crippen molar-refractivity contribution in [3.05, 3.63) is 48.3 Å². The van der Waals surface area contributed by atoms with Crippen molar-refractivity contribution in [3.8, 4) is 5.69 Å². The minimum absolute atomic E-state index is 0.0777. The lowest BCUT2D eigenvalue weighted by Gasteiger charge is -2.20. The van der Waals surface area contributed by atoms with Gasteiger partial charge in [-0.05, 0) is 51.1 Å². The number of benzene rings is 1. The maximum Gasteiger partial charge on any atom is 0.312 e. The predicted octanol–water partition coefficient (Wildman–Crippen LogP) is 1.88. The second-order valence-corrected chi connectivity index (χ2v) is 7.46. The number of nitrogens with one attached hydrogen (secondary N) is 2. The SMILES string of the molecule is CC(C)(C)C(=O)OC1C[C@@H](NC(=O)c2ccc(-n3cccn3)cc2)CN1. The van der Waals surface area contributed by atoms with E-state index in [0.29, 0.717) is 18.5 Å². The van der Waals surface area contributed by atoms with Gasteiger partial charge in [-0.15, -0.1) is 0 Å². The Bertz CT molecular complexity index is 763. The number of hydrogen-bond donors (Lipinski definition) is 2. The van der Waals surface area contributed by atoms with Crippen LogP contribution >= 0.6 is 0 Å². The van der Waals surface area contributed by atoms with Crippen LogP contribution in [0.5, 0.6) is 0 Å². The molecule has 0 spiro atoms. The highest BCUT2D eigenvalue weighted by Crippen LogP contribution is 2.19. The average molecular weight is 356 g/mol. The Balaban J connectivity index is 1.53. The fourth-order valence-corrected chi connectivity index (χ4v) is 2.66. The number of nitrogens with zero attached hydrogens (tertiary/aromatic N) is 2. The van der Waals surface area contributed by atoms with Gasteiger partial charge in [0.1, 0.15) is 0 Å². The zero-order chi connectivity index (χ0) is 18.7. The molecule has 2 N–H and O–H groups in total. The minimum Gasteiger partial charge on any atom is -0.446 e. The summed E-state index contributed by atoms with van der Waals surface area (Å²) in [6, 6.07) is 9.01. The van der Waals surface area contributed by atoms with Crippen molar-refractivity contribution in [3.63, 3.8) is 0 Å². The maximum atomic E-state index is 12.4. The van der Waals surface area contributed by atoms with Crippen molar-refractivity contribution >= 4 is 11.9 Å². The fourth-order valence-electron chi connectivity index (χ4n) is 2.66. The second-order valence-electron chi connectivity index (χ2n) is 7.46. The molecule has 7 heteroatoms. The highest BCUT2D eigenvalue weighted by Gasteiger charge is 2.32. The van der Waals surface area contributed by atoms with E-state index in [-0.39, 0.29) is 24.1 Å². The normalized spacial score (nSPS) is 20.0. The number of carbonyl (C=O) groups is 2. The molecule has 1 unspecified atom stereocenters. The summed E-state index contributed by atoms with van der Waals surface area (Å²) < 4.78 is 7.17. The Labute approximate surface area is 152 Å². The van der Waals surface area contributed by atoms with E-state index < -0.39 is 5.41 Å². The summed E-state index contributed by atoms with van der Waals surface area (Å²) in [7, 11) is 0. The predicted molar refractivity (Wildman–Crippen MR) is 96.8 cm³/mol. The van der Waals surface area contributed by atoms with Crippen LogP contribution in [0, 0.1) is 5.41 Å². The first-order chi connectivity index (χ1) is 12.3. The first-order valence-electron chi connectivity index (χ1n) is 8.68. The molecule has 2 aromatic rings. The van der Waals surface area contributed by atoms with Crippen molar-refractivity contribution < 1.29 is 14.3 Å². The summed E-state index contributed by atoms with van der Waals surface area (Å²) in [5.74, 6) is -0.400. The molecule has 1 saturated heterocycles.